The third-order valence-electron chi connectivity index (χ3n) is 2.38. The zero-order valence-corrected chi connectivity index (χ0v) is 10.1. The van der Waals surface area contributed by atoms with Crippen LogP contribution >= 0.6 is 12.6 Å². The van der Waals surface area contributed by atoms with Crippen molar-refractivity contribution in [3.63, 3.8) is 0 Å². The van der Waals surface area contributed by atoms with Gasteiger partial charge in [0.2, 0.25) is 0 Å². The van der Waals surface area contributed by atoms with Gasteiger partial charge in [-0.1, -0.05) is 12.1 Å². The fourth-order valence-corrected chi connectivity index (χ4v) is 1.73. The van der Waals surface area contributed by atoms with Crippen LogP contribution in [0.5, 0.6) is 0 Å². The molecule has 18 heavy (non-hydrogen) atoms. The van der Waals surface area contributed by atoms with Gasteiger partial charge < -0.3 is 10.4 Å². The van der Waals surface area contributed by atoms with Crippen molar-refractivity contribution in [2.75, 3.05) is 5.32 Å². The molecule has 0 unspecified atom stereocenters. The molecule has 0 heterocycles. The fraction of sp³-hybridized carbons (Fsp3) is 0. The smallest absolute Gasteiger partial charge is 0.337 e. The summed E-state index contributed by atoms with van der Waals surface area (Å²) < 4.78 is 13.5. The van der Waals surface area contributed by atoms with Crippen LogP contribution in [0.15, 0.2) is 47.4 Å². The second kappa shape index (κ2) is 5.10. The number of hydrogen-bond donors (Lipinski definition) is 3. The van der Waals surface area contributed by atoms with Gasteiger partial charge in [-0.2, -0.15) is 0 Å². The molecule has 0 radical (unpaired) electrons. The molecule has 0 amide bonds. The molecule has 2 N–H and O–H groups in total. The Hall–Kier alpha value is -2.01. The molecule has 0 atom stereocenters. The van der Waals surface area contributed by atoms with Crippen LogP contribution in [-0.4, -0.2) is 11.1 Å². The quantitative estimate of drug-likeness (QED) is 0.742. The van der Waals surface area contributed by atoms with Gasteiger partial charge in [0.25, 0.3) is 0 Å². The molecule has 0 aliphatic carbocycles. The molecular weight excluding hydrogens is 253 g/mol. The Labute approximate surface area is 109 Å². The summed E-state index contributed by atoms with van der Waals surface area (Å²) in [5.41, 5.74) is 0.600. The van der Waals surface area contributed by atoms with Crippen LogP contribution in [-0.2, 0) is 0 Å². The summed E-state index contributed by atoms with van der Waals surface area (Å²) in [4.78, 5) is 11.6. The van der Waals surface area contributed by atoms with Crippen LogP contribution in [0.4, 0.5) is 15.8 Å². The number of benzene rings is 2. The summed E-state index contributed by atoms with van der Waals surface area (Å²) >= 11 is 4.08. The molecule has 0 aliphatic heterocycles. The van der Waals surface area contributed by atoms with E-state index in [1.165, 1.54) is 18.2 Å². The summed E-state index contributed by atoms with van der Waals surface area (Å²) in [6.07, 6.45) is 0. The third kappa shape index (κ3) is 2.62. The van der Waals surface area contributed by atoms with Crippen LogP contribution in [0.1, 0.15) is 10.4 Å². The Balaban J connectivity index is 2.41. The Bertz CT molecular complexity index is 601. The van der Waals surface area contributed by atoms with Crippen molar-refractivity contribution >= 4 is 30.0 Å². The lowest BCUT2D eigenvalue weighted by atomic mass is 10.1. The minimum absolute atomic E-state index is 0.0470. The molecule has 0 bridgehead atoms. The topological polar surface area (TPSA) is 49.3 Å². The SMILES string of the molecule is O=C(O)c1cc(S)ccc1Nc1ccccc1F. The van der Waals surface area contributed by atoms with E-state index >= 15 is 0 Å². The van der Waals surface area contributed by atoms with Crippen molar-refractivity contribution in [2.45, 2.75) is 4.90 Å². The molecule has 2 rings (SSSR count). The van der Waals surface area contributed by atoms with Crippen molar-refractivity contribution in [2.24, 2.45) is 0 Å². The summed E-state index contributed by atoms with van der Waals surface area (Å²) in [5.74, 6) is -1.53. The highest BCUT2D eigenvalue weighted by Gasteiger charge is 2.11. The van der Waals surface area contributed by atoms with Gasteiger partial charge in [-0.3, -0.25) is 0 Å². The number of carbonyl (C=O) groups is 1. The number of anilines is 2. The second-order valence-electron chi connectivity index (χ2n) is 3.64. The number of carboxylic acids is 1. The first-order valence-electron chi connectivity index (χ1n) is 5.16. The highest BCUT2D eigenvalue weighted by Crippen LogP contribution is 2.25. The number of para-hydroxylation sites is 1. The third-order valence-corrected chi connectivity index (χ3v) is 2.65. The number of nitrogens with one attached hydrogen (secondary N) is 1. The lowest BCUT2D eigenvalue weighted by molar-refractivity contribution is 0.0697. The van der Waals surface area contributed by atoms with E-state index in [1.54, 1.807) is 24.3 Å². The van der Waals surface area contributed by atoms with Crippen molar-refractivity contribution < 1.29 is 14.3 Å². The van der Waals surface area contributed by atoms with Gasteiger partial charge in [0, 0.05) is 4.90 Å². The average Bonchev–Trinajstić information content (AvgIpc) is 2.34. The van der Waals surface area contributed by atoms with Crippen LogP contribution < -0.4 is 5.32 Å². The maximum absolute atomic E-state index is 13.5. The van der Waals surface area contributed by atoms with E-state index in [0.29, 0.717) is 10.6 Å². The van der Waals surface area contributed by atoms with Gasteiger partial charge in [-0.15, -0.1) is 12.6 Å². The van der Waals surface area contributed by atoms with Crippen LogP contribution in [0, 0.1) is 5.82 Å². The molecule has 2 aromatic rings. The van der Waals surface area contributed by atoms with E-state index in [-0.39, 0.29) is 11.3 Å². The van der Waals surface area contributed by atoms with Gasteiger partial charge in [-0.05, 0) is 30.3 Å². The van der Waals surface area contributed by atoms with Gasteiger partial charge in [0.15, 0.2) is 0 Å². The maximum Gasteiger partial charge on any atom is 0.337 e. The highest BCUT2D eigenvalue weighted by atomic mass is 32.1. The fourth-order valence-electron chi connectivity index (χ4n) is 1.53. The number of thiol groups is 1. The van der Waals surface area contributed by atoms with Crippen molar-refractivity contribution in [1.29, 1.82) is 0 Å². The normalized spacial score (nSPS) is 10.1. The summed E-state index contributed by atoms with van der Waals surface area (Å²) in [6, 6.07) is 10.7. The standard InChI is InChI=1S/C13H10FNO2S/c14-10-3-1-2-4-12(10)15-11-6-5-8(18)7-9(11)13(16)17/h1-7,15,18H,(H,16,17). The minimum Gasteiger partial charge on any atom is -0.478 e. The summed E-state index contributed by atoms with van der Waals surface area (Å²) in [7, 11) is 0. The minimum atomic E-state index is -1.09. The van der Waals surface area contributed by atoms with E-state index in [4.69, 9.17) is 5.11 Å². The number of aromatic carboxylic acids is 1. The molecule has 0 fully saturated rings. The Morgan fingerprint density at radius 3 is 2.56 bits per heavy atom. The molecule has 0 saturated carbocycles. The zero-order valence-electron chi connectivity index (χ0n) is 9.22. The molecule has 92 valence electrons. The second-order valence-corrected chi connectivity index (χ2v) is 4.16. The van der Waals surface area contributed by atoms with Crippen LogP contribution in [0.3, 0.4) is 0 Å². The molecular formula is C13H10FNO2S. The first-order chi connectivity index (χ1) is 8.58. The Kier molecular flexibility index (Phi) is 3.53. The van der Waals surface area contributed by atoms with E-state index in [1.807, 2.05) is 0 Å². The lowest BCUT2D eigenvalue weighted by Gasteiger charge is -2.10. The van der Waals surface area contributed by atoms with Crippen LogP contribution in [0.2, 0.25) is 0 Å². The van der Waals surface area contributed by atoms with Crippen molar-refractivity contribution in [3.05, 3.63) is 53.8 Å². The number of rotatable bonds is 3. The van der Waals surface area contributed by atoms with Crippen LogP contribution in [0.25, 0.3) is 0 Å². The molecule has 2 aromatic carbocycles. The van der Waals surface area contributed by atoms with E-state index in [2.05, 4.69) is 17.9 Å². The number of hydrogen-bond acceptors (Lipinski definition) is 3. The highest BCUT2D eigenvalue weighted by molar-refractivity contribution is 7.80. The maximum atomic E-state index is 13.5. The average molecular weight is 263 g/mol. The van der Waals surface area contributed by atoms with Crippen molar-refractivity contribution in [3.8, 4) is 0 Å². The van der Waals surface area contributed by atoms with Gasteiger partial charge in [-0.25, -0.2) is 9.18 Å². The molecule has 0 aromatic heterocycles. The van der Waals surface area contributed by atoms with Crippen molar-refractivity contribution in [1.82, 2.24) is 0 Å². The monoisotopic (exact) mass is 263 g/mol. The van der Waals surface area contributed by atoms with E-state index in [9.17, 15) is 9.18 Å². The van der Waals surface area contributed by atoms with E-state index in [0.717, 1.165) is 0 Å². The number of halogens is 1. The molecule has 0 aliphatic rings. The Morgan fingerprint density at radius 2 is 1.89 bits per heavy atom. The molecule has 5 heteroatoms. The van der Waals surface area contributed by atoms with Gasteiger partial charge >= 0.3 is 5.97 Å². The molecule has 0 saturated heterocycles. The Morgan fingerprint density at radius 1 is 1.17 bits per heavy atom. The predicted octanol–water partition coefficient (Wildman–Crippen LogP) is 3.56. The lowest BCUT2D eigenvalue weighted by Crippen LogP contribution is -2.03. The van der Waals surface area contributed by atoms with Gasteiger partial charge in [0.05, 0.1) is 16.9 Å². The van der Waals surface area contributed by atoms with Gasteiger partial charge in [0.1, 0.15) is 5.82 Å². The number of carboxylic acid groups (broad SMARTS) is 1. The zero-order chi connectivity index (χ0) is 13.1. The first kappa shape index (κ1) is 12.4. The predicted molar refractivity (Wildman–Crippen MR) is 70.3 cm³/mol. The largest absolute Gasteiger partial charge is 0.478 e. The summed E-state index contributed by atoms with van der Waals surface area (Å²) in [5, 5.41) is 11.8. The molecule has 0 spiro atoms. The first-order valence-corrected chi connectivity index (χ1v) is 5.60. The molecule has 3 nitrogen and oxygen atoms in total. The van der Waals surface area contributed by atoms with E-state index < -0.39 is 11.8 Å². The summed E-state index contributed by atoms with van der Waals surface area (Å²) in [6.45, 7) is 0.